The van der Waals surface area contributed by atoms with E-state index in [9.17, 15) is 5.26 Å². The van der Waals surface area contributed by atoms with Gasteiger partial charge >= 0.3 is 0 Å². The van der Waals surface area contributed by atoms with E-state index >= 15 is 0 Å². The number of nitriles is 1. The zero-order valence-corrected chi connectivity index (χ0v) is 19.2. The van der Waals surface area contributed by atoms with E-state index in [0.717, 1.165) is 52.7 Å². The van der Waals surface area contributed by atoms with Gasteiger partial charge in [-0.1, -0.05) is 26.3 Å². The SMILES string of the molecule is C[C@H]1CC[C@@H]2C3CC[C@@]4(C)C(CCC4[C@@H](C)Nc4cccc(C#N)c4)[C@@H]3CC[C@@H]2C1. The van der Waals surface area contributed by atoms with Gasteiger partial charge in [0, 0.05) is 11.7 Å². The summed E-state index contributed by atoms with van der Waals surface area (Å²) in [6.07, 6.45) is 13.3. The summed E-state index contributed by atoms with van der Waals surface area (Å²) in [6.45, 7) is 7.52. The van der Waals surface area contributed by atoms with E-state index in [4.69, 9.17) is 0 Å². The molecule has 162 valence electrons. The largest absolute Gasteiger partial charge is 0.382 e. The van der Waals surface area contributed by atoms with Gasteiger partial charge in [-0.25, -0.2) is 0 Å². The summed E-state index contributed by atoms with van der Waals surface area (Å²) in [5.74, 6) is 6.78. The number of fused-ring (bicyclic) bond motifs is 5. The van der Waals surface area contributed by atoms with Crippen LogP contribution in [0.1, 0.15) is 84.1 Å². The summed E-state index contributed by atoms with van der Waals surface area (Å²) in [6, 6.07) is 10.8. The molecule has 0 radical (unpaired) electrons. The van der Waals surface area contributed by atoms with Gasteiger partial charge in [0.05, 0.1) is 11.6 Å². The zero-order chi connectivity index (χ0) is 20.9. The van der Waals surface area contributed by atoms with Crippen LogP contribution in [0.25, 0.3) is 0 Å². The van der Waals surface area contributed by atoms with E-state index in [1.165, 1.54) is 57.8 Å². The van der Waals surface area contributed by atoms with E-state index in [1.54, 1.807) is 0 Å². The molecule has 30 heavy (non-hydrogen) atoms. The Labute approximate surface area is 183 Å². The molecule has 1 N–H and O–H groups in total. The first-order valence-corrected chi connectivity index (χ1v) is 12.8. The van der Waals surface area contributed by atoms with Gasteiger partial charge in [-0.3, -0.25) is 0 Å². The lowest BCUT2D eigenvalue weighted by Crippen LogP contribution is -2.50. The number of benzene rings is 1. The highest BCUT2D eigenvalue weighted by Crippen LogP contribution is 2.65. The van der Waals surface area contributed by atoms with Gasteiger partial charge in [0.1, 0.15) is 0 Å². The Morgan fingerprint density at radius 3 is 2.70 bits per heavy atom. The van der Waals surface area contributed by atoms with Crippen molar-refractivity contribution in [1.82, 2.24) is 0 Å². The summed E-state index contributed by atoms with van der Waals surface area (Å²) in [5.41, 5.74) is 2.36. The third kappa shape index (κ3) is 3.37. The van der Waals surface area contributed by atoms with Crippen molar-refractivity contribution < 1.29 is 0 Å². The first kappa shape index (κ1) is 20.4. The second kappa shape index (κ2) is 7.89. The molecule has 0 heterocycles. The summed E-state index contributed by atoms with van der Waals surface area (Å²) >= 11 is 0. The van der Waals surface area contributed by atoms with Crippen LogP contribution >= 0.6 is 0 Å². The van der Waals surface area contributed by atoms with Crippen molar-refractivity contribution in [2.75, 3.05) is 5.32 Å². The molecule has 4 fully saturated rings. The minimum atomic E-state index is 0.470. The van der Waals surface area contributed by atoms with Crippen LogP contribution in [0.15, 0.2) is 24.3 Å². The van der Waals surface area contributed by atoms with Gasteiger partial charge < -0.3 is 5.32 Å². The van der Waals surface area contributed by atoms with Crippen LogP contribution in [0.4, 0.5) is 5.69 Å². The summed E-state index contributed by atoms with van der Waals surface area (Å²) in [7, 11) is 0. The molecule has 0 bridgehead atoms. The lowest BCUT2D eigenvalue weighted by atomic mass is 9.49. The van der Waals surface area contributed by atoms with E-state index < -0.39 is 0 Å². The molecule has 0 aromatic heterocycles. The van der Waals surface area contributed by atoms with Gasteiger partial charge in [0.2, 0.25) is 0 Å². The van der Waals surface area contributed by atoms with E-state index in [0.29, 0.717) is 11.5 Å². The topological polar surface area (TPSA) is 35.8 Å². The second-order valence-electron chi connectivity index (χ2n) is 11.7. The Morgan fingerprint density at radius 1 is 1.03 bits per heavy atom. The van der Waals surface area contributed by atoms with Crippen LogP contribution < -0.4 is 5.32 Å². The normalized spacial score (nSPS) is 43.6. The number of anilines is 1. The van der Waals surface area contributed by atoms with Gasteiger partial charge in [-0.15, -0.1) is 0 Å². The average Bonchev–Trinajstić information content (AvgIpc) is 3.10. The molecule has 2 nitrogen and oxygen atoms in total. The highest BCUT2D eigenvalue weighted by molar-refractivity contribution is 5.49. The maximum atomic E-state index is 9.23. The van der Waals surface area contributed by atoms with Gasteiger partial charge in [-0.2, -0.15) is 5.26 Å². The molecule has 0 spiro atoms. The summed E-state index contributed by atoms with van der Waals surface area (Å²) < 4.78 is 0. The molecule has 9 atom stereocenters. The van der Waals surface area contributed by atoms with Gasteiger partial charge in [0.15, 0.2) is 0 Å². The molecule has 4 saturated carbocycles. The van der Waals surface area contributed by atoms with Gasteiger partial charge in [-0.05, 0) is 123 Å². The first-order chi connectivity index (χ1) is 14.5. The summed E-state index contributed by atoms with van der Waals surface area (Å²) in [4.78, 5) is 0. The van der Waals surface area contributed by atoms with E-state index in [2.05, 4.69) is 38.2 Å². The van der Waals surface area contributed by atoms with Crippen molar-refractivity contribution in [3.8, 4) is 6.07 Å². The highest BCUT2D eigenvalue weighted by Gasteiger charge is 2.57. The quantitative estimate of drug-likeness (QED) is 0.575. The fraction of sp³-hybridized carbons (Fsp3) is 0.750. The molecule has 1 aromatic rings. The number of nitrogens with zero attached hydrogens (tertiary/aromatic N) is 1. The Balaban J connectivity index is 1.31. The smallest absolute Gasteiger partial charge is 0.0992 e. The van der Waals surface area contributed by atoms with Crippen molar-refractivity contribution >= 4 is 5.69 Å². The van der Waals surface area contributed by atoms with Crippen LogP contribution in [0.3, 0.4) is 0 Å². The Bertz CT molecular complexity index is 809. The lowest BCUT2D eigenvalue weighted by molar-refractivity contribution is -0.0683. The first-order valence-electron chi connectivity index (χ1n) is 12.8. The Morgan fingerprint density at radius 2 is 1.87 bits per heavy atom. The highest BCUT2D eigenvalue weighted by atomic mass is 14.9. The standard InChI is InChI=1S/C28H40N2/c1-18-7-9-23-21(15-18)8-10-25-24(23)13-14-28(3)26(11-12-27(25)28)19(2)30-22-6-4-5-20(16-22)17-29/h4-6,16,18-19,21,23-27,30H,7-15H2,1-3H3/t18-,19+,21+,23-,24?,25+,26?,27?,28+/m0/s1. The number of nitrogens with one attached hydrogen (secondary N) is 1. The van der Waals surface area contributed by atoms with Gasteiger partial charge in [0.25, 0.3) is 0 Å². The van der Waals surface area contributed by atoms with Crippen LogP contribution in [-0.4, -0.2) is 6.04 Å². The number of hydrogen-bond donors (Lipinski definition) is 1. The van der Waals surface area contributed by atoms with Crippen molar-refractivity contribution in [2.24, 2.45) is 46.8 Å². The predicted molar refractivity (Wildman–Crippen MR) is 124 cm³/mol. The molecule has 0 aliphatic heterocycles. The molecule has 2 heteroatoms. The molecule has 3 unspecified atom stereocenters. The Hall–Kier alpha value is -1.49. The third-order valence-corrected chi connectivity index (χ3v) is 10.3. The molecule has 0 saturated heterocycles. The van der Waals surface area contributed by atoms with Crippen LogP contribution in [0.2, 0.25) is 0 Å². The fourth-order valence-electron chi connectivity index (χ4n) is 8.99. The van der Waals surface area contributed by atoms with Crippen LogP contribution in [0, 0.1) is 58.2 Å². The molecule has 0 amide bonds. The lowest BCUT2D eigenvalue weighted by Gasteiger charge is -2.56. The van der Waals surface area contributed by atoms with Crippen molar-refractivity contribution in [1.29, 1.82) is 5.26 Å². The minimum Gasteiger partial charge on any atom is -0.382 e. The van der Waals surface area contributed by atoms with E-state index in [1.807, 2.05) is 18.2 Å². The molecular formula is C28H40N2. The molecule has 1 aromatic carbocycles. The Kier molecular flexibility index (Phi) is 5.37. The monoisotopic (exact) mass is 404 g/mol. The summed E-state index contributed by atoms with van der Waals surface area (Å²) in [5, 5.41) is 13.0. The van der Waals surface area contributed by atoms with Crippen molar-refractivity contribution in [3.63, 3.8) is 0 Å². The average molecular weight is 405 g/mol. The van der Waals surface area contributed by atoms with Crippen molar-refractivity contribution in [3.05, 3.63) is 29.8 Å². The predicted octanol–water partition coefficient (Wildman–Crippen LogP) is 7.26. The third-order valence-electron chi connectivity index (χ3n) is 10.3. The molecular weight excluding hydrogens is 364 g/mol. The number of hydrogen-bond acceptors (Lipinski definition) is 2. The number of rotatable bonds is 3. The minimum absolute atomic E-state index is 0.470. The maximum absolute atomic E-state index is 9.23. The van der Waals surface area contributed by atoms with Crippen LogP contribution in [-0.2, 0) is 0 Å². The zero-order valence-electron chi connectivity index (χ0n) is 19.2. The molecule has 4 aliphatic rings. The van der Waals surface area contributed by atoms with E-state index in [-0.39, 0.29) is 0 Å². The van der Waals surface area contributed by atoms with Crippen molar-refractivity contribution in [2.45, 2.75) is 84.6 Å². The fourth-order valence-corrected chi connectivity index (χ4v) is 8.99. The van der Waals surface area contributed by atoms with Crippen LogP contribution in [0.5, 0.6) is 0 Å². The molecule has 5 rings (SSSR count). The molecule has 4 aliphatic carbocycles. The second-order valence-corrected chi connectivity index (χ2v) is 11.7. The maximum Gasteiger partial charge on any atom is 0.0992 e.